The Bertz CT molecular complexity index is 933. The first-order valence-corrected chi connectivity index (χ1v) is 10.9. The molecule has 1 atom stereocenters. The van der Waals surface area contributed by atoms with Crippen LogP contribution in [0.3, 0.4) is 0 Å². The Labute approximate surface area is 187 Å². The molecule has 168 valence electrons. The van der Waals surface area contributed by atoms with Crippen LogP contribution in [0.4, 0.5) is 14.5 Å². The smallest absolute Gasteiger partial charge is 0.307 e. The molecule has 0 aliphatic heterocycles. The second-order valence-corrected chi connectivity index (χ2v) is 7.57. The van der Waals surface area contributed by atoms with Crippen LogP contribution in [-0.2, 0) is 17.8 Å². The van der Waals surface area contributed by atoms with E-state index in [4.69, 9.17) is 0 Å². The number of aromatic nitrogens is 2. The van der Waals surface area contributed by atoms with Gasteiger partial charge in [-0.05, 0) is 30.5 Å². The molecule has 1 aromatic carbocycles. The summed E-state index contributed by atoms with van der Waals surface area (Å²) in [6.45, 7) is 1.02. The predicted molar refractivity (Wildman–Crippen MR) is 119 cm³/mol. The van der Waals surface area contributed by atoms with Gasteiger partial charge in [0.2, 0.25) is 0 Å². The predicted octanol–water partition coefficient (Wildman–Crippen LogP) is 4.89. The van der Waals surface area contributed by atoms with Crippen LogP contribution in [0, 0.1) is 0 Å². The van der Waals surface area contributed by atoms with E-state index in [0.29, 0.717) is 12.3 Å². The second-order valence-electron chi connectivity index (χ2n) is 7.57. The van der Waals surface area contributed by atoms with Gasteiger partial charge in [0, 0.05) is 43.5 Å². The highest BCUT2D eigenvalue weighted by Crippen LogP contribution is 2.17. The van der Waals surface area contributed by atoms with Crippen molar-refractivity contribution in [3.63, 3.8) is 0 Å². The third kappa shape index (κ3) is 8.43. The summed E-state index contributed by atoms with van der Waals surface area (Å²) >= 11 is 0. The van der Waals surface area contributed by atoms with E-state index in [1.54, 1.807) is 0 Å². The fourth-order valence-corrected chi connectivity index (χ4v) is 3.65. The number of rotatable bonds is 13. The van der Waals surface area contributed by atoms with Gasteiger partial charge in [-0.25, -0.2) is 9.13 Å². The SMILES string of the molecule is FC(F)=CONNc1ccc(CCCC(CCC[n+]2ccccc2)[n+]2ccccc2)cc1. The number of nitrogens with one attached hydrogen (secondary N) is 2. The van der Waals surface area contributed by atoms with Crippen LogP contribution in [0.1, 0.15) is 37.3 Å². The molecule has 0 radical (unpaired) electrons. The Morgan fingerprint density at radius 2 is 1.53 bits per heavy atom. The van der Waals surface area contributed by atoms with Crippen LogP contribution < -0.4 is 20.1 Å². The molecule has 3 aromatic rings. The summed E-state index contributed by atoms with van der Waals surface area (Å²) in [6.07, 6.45) is 12.4. The largest absolute Gasteiger partial charge is 0.391 e. The van der Waals surface area contributed by atoms with Crippen molar-refractivity contribution in [3.8, 4) is 0 Å². The molecule has 32 heavy (non-hydrogen) atoms. The van der Waals surface area contributed by atoms with E-state index in [1.807, 2.05) is 36.4 Å². The number of hydrogen-bond acceptors (Lipinski definition) is 3. The minimum absolute atomic E-state index is 0.334. The molecular weight excluding hydrogens is 410 g/mol. The Balaban J connectivity index is 1.46. The number of hydrogen-bond donors (Lipinski definition) is 2. The molecule has 3 rings (SSSR count). The first-order valence-electron chi connectivity index (χ1n) is 10.9. The molecule has 2 heterocycles. The van der Waals surface area contributed by atoms with Crippen molar-refractivity contribution >= 4 is 5.69 Å². The van der Waals surface area contributed by atoms with Gasteiger partial charge in [0.15, 0.2) is 37.1 Å². The summed E-state index contributed by atoms with van der Waals surface area (Å²) in [5, 5.41) is 0. The molecule has 0 saturated carbocycles. The molecule has 0 saturated heterocycles. The van der Waals surface area contributed by atoms with Crippen LogP contribution in [-0.4, -0.2) is 0 Å². The maximum atomic E-state index is 11.9. The molecule has 2 aromatic heterocycles. The minimum atomic E-state index is -1.90. The van der Waals surface area contributed by atoms with Crippen molar-refractivity contribution in [2.45, 2.75) is 44.7 Å². The maximum absolute atomic E-state index is 11.9. The Morgan fingerprint density at radius 1 is 0.875 bits per heavy atom. The summed E-state index contributed by atoms with van der Waals surface area (Å²) < 4.78 is 28.4. The molecule has 0 aliphatic rings. The van der Waals surface area contributed by atoms with Crippen molar-refractivity contribution < 1.29 is 22.8 Å². The fraction of sp³-hybridized carbons (Fsp3) is 0.280. The van der Waals surface area contributed by atoms with E-state index in [9.17, 15) is 8.78 Å². The first-order chi connectivity index (χ1) is 15.7. The molecule has 5 nitrogen and oxygen atoms in total. The lowest BCUT2D eigenvalue weighted by Gasteiger charge is -2.12. The van der Waals surface area contributed by atoms with Gasteiger partial charge in [0.05, 0.1) is 5.69 Å². The highest BCUT2D eigenvalue weighted by molar-refractivity contribution is 5.43. The normalized spacial score (nSPS) is 11.6. The molecule has 0 aliphatic carbocycles. The van der Waals surface area contributed by atoms with E-state index in [2.05, 4.69) is 74.0 Å². The lowest BCUT2D eigenvalue weighted by molar-refractivity contribution is -0.728. The van der Waals surface area contributed by atoms with Crippen LogP contribution in [0.15, 0.2) is 97.8 Å². The number of benzene rings is 1. The molecule has 2 N–H and O–H groups in total. The van der Waals surface area contributed by atoms with E-state index in [0.717, 1.165) is 44.3 Å². The van der Waals surface area contributed by atoms with E-state index >= 15 is 0 Å². The molecule has 0 spiro atoms. The van der Waals surface area contributed by atoms with Crippen molar-refractivity contribution in [3.05, 3.63) is 103 Å². The van der Waals surface area contributed by atoms with Crippen LogP contribution in [0.2, 0.25) is 0 Å². The number of pyridine rings is 2. The highest BCUT2D eigenvalue weighted by Gasteiger charge is 2.18. The van der Waals surface area contributed by atoms with Gasteiger partial charge in [-0.3, -0.25) is 5.43 Å². The lowest BCUT2D eigenvalue weighted by atomic mass is 10.0. The van der Waals surface area contributed by atoms with Gasteiger partial charge in [0.25, 0.3) is 0 Å². The van der Waals surface area contributed by atoms with Crippen molar-refractivity contribution in [1.82, 2.24) is 5.59 Å². The zero-order valence-corrected chi connectivity index (χ0v) is 18.0. The molecule has 0 bridgehead atoms. The Kier molecular flexibility index (Phi) is 9.61. The highest BCUT2D eigenvalue weighted by atomic mass is 19.3. The van der Waals surface area contributed by atoms with Crippen molar-refractivity contribution in [2.75, 3.05) is 5.43 Å². The zero-order chi connectivity index (χ0) is 22.4. The van der Waals surface area contributed by atoms with Crippen LogP contribution >= 0.6 is 0 Å². The van der Waals surface area contributed by atoms with Crippen LogP contribution in [0.25, 0.3) is 0 Å². The number of hydrazine groups is 1. The molecule has 0 fully saturated rings. The number of nitrogens with zero attached hydrogens (tertiary/aromatic N) is 2. The third-order valence-electron chi connectivity index (χ3n) is 5.25. The van der Waals surface area contributed by atoms with E-state index in [-0.39, 0.29) is 0 Å². The zero-order valence-electron chi connectivity index (χ0n) is 18.0. The number of aryl methyl sites for hydroxylation is 2. The summed E-state index contributed by atoms with van der Waals surface area (Å²) in [7, 11) is 0. The average molecular weight is 441 g/mol. The Morgan fingerprint density at radius 3 is 2.22 bits per heavy atom. The summed E-state index contributed by atoms with van der Waals surface area (Å²) in [6, 6.07) is 20.7. The average Bonchev–Trinajstić information content (AvgIpc) is 2.83. The van der Waals surface area contributed by atoms with Gasteiger partial charge >= 0.3 is 6.08 Å². The number of halogens is 2. The number of anilines is 1. The standard InChI is InChI=1S/C25H30F2N4O/c26-25(27)21-32-29-28-23-14-12-22(13-15-23)9-7-10-24(31-19-5-2-6-20-31)11-8-18-30-16-3-1-4-17-30/h1-6,12-17,19-21,24,28-29H,7-11,18H2/q+2. The van der Waals surface area contributed by atoms with Crippen molar-refractivity contribution in [1.29, 1.82) is 0 Å². The topological polar surface area (TPSA) is 41.1 Å². The van der Waals surface area contributed by atoms with E-state index < -0.39 is 6.08 Å². The summed E-state index contributed by atoms with van der Waals surface area (Å²) in [5.74, 6) is 0. The minimum Gasteiger partial charge on any atom is -0.391 e. The third-order valence-corrected chi connectivity index (χ3v) is 5.25. The van der Waals surface area contributed by atoms with Crippen molar-refractivity contribution in [2.24, 2.45) is 0 Å². The first kappa shape index (κ1) is 23.3. The Hall–Kier alpha value is -3.32. The molecular formula is C25H30F2N4O+2. The van der Waals surface area contributed by atoms with Crippen LogP contribution in [0.5, 0.6) is 0 Å². The summed E-state index contributed by atoms with van der Waals surface area (Å²) in [4.78, 5) is 4.45. The molecule has 0 amide bonds. The van der Waals surface area contributed by atoms with Gasteiger partial charge < -0.3 is 4.84 Å². The summed E-state index contributed by atoms with van der Waals surface area (Å²) in [5.41, 5.74) is 6.93. The van der Waals surface area contributed by atoms with Gasteiger partial charge in [-0.2, -0.15) is 8.78 Å². The second kappa shape index (κ2) is 13.2. The molecule has 7 heteroatoms. The quantitative estimate of drug-likeness (QED) is 0.172. The maximum Gasteiger partial charge on any atom is 0.307 e. The van der Waals surface area contributed by atoms with Gasteiger partial charge in [0.1, 0.15) is 6.54 Å². The lowest BCUT2D eigenvalue weighted by Crippen LogP contribution is -2.39. The monoisotopic (exact) mass is 440 g/mol. The fourth-order valence-electron chi connectivity index (χ4n) is 3.65. The van der Waals surface area contributed by atoms with E-state index in [1.165, 1.54) is 5.56 Å². The molecule has 1 unspecified atom stereocenters. The van der Waals surface area contributed by atoms with Gasteiger partial charge in [-0.15, -0.1) is 0 Å². The van der Waals surface area contributed by atoms with Gasteiger partial charge in [-0.1, -0.05) is 29.9 Å².